The predicted octanol–water partition coefficient (Wildman–Crippen LogP) is 2.18. The molecule has 0 aromatic heterocycles. The Balaban J connectivity index is 1.93. The van der Waals surface area contributed by atoms with E-state index in [-0.39, 0.29) is 0 Å². The highest BCUT2D eigenvalue weighted by molar-refractivity contribution is 5.79. The van der Waals surface area contributed by atoms with E-state index < -0.39 is 6.17 Å². The van der Waals surface area contributed by atoms with Crippen LogP contribution in [-0.2, 0) is 4.79 Å². The summed E-state index contributed by atoms with van der Waals surface area (Å²) in [5.74, 6) is 0.985. The molecule has 1 aliphatic heterocycles. The van der Waals surface area contributed by atoms with Gasteiger partial charge in [0.1, 0.15) is 12.0 Å². The Labute approximate surface area is 90.8 Å². The average Bonchev–Trinajstić information content (AvgIpc) is 2.23. The molecule has 0 radical (unpaired) electrons. The highest BCUT2D eigenvalue weighted by Crippen LogP contribution is 2.28. The van der Waals surface area contributed by atoms with Crippen LogP contribution in [0.3, 0.4) is 0 Å². The van der Waals surface area contributed by atoms with E-state index in [1.54, 1.807) is 0 Å². The molecule has 2 atom stereocenters. The second-order valence-electron chi connectivity index (χ2n) is 5.04. The molecule has 86 valence electrons. The Morgan fingerprint density at radius 2 is 1.93 bits per heavy atom. The molecule has 0 N–H and O–H groups in total. The van der Waals surface area contributed by atoms with Gasteiger partial charge in [-0.2, -0.15) is 0 Å². The third kappa shape index (κ3) is 2.57. The maximum atomic E-state index is 13.0. The van der Waals surface area contributed by atoms with Gasteiger partial charge in [-0.05, 0) is 25.2 Å². The molecular weight excluding hydrogens is 193 g/mol. The summed E-state index contributed by atoms with van der Waals surface area (Å²) in [5.41, 5.74) is 0. The first-order valence-electron chi connectivity index (χ1n) is 6.06. The standard InChI is InChI=1S/C12H20FNO/c1-9-2-3-11(15)8-12(9)14-6-4-10(13)5-7-14/h9-10,12H,2-8H2,1H3. The minimum absolute atomic E-state index is 0.388. The quantitative estimate of drug-likeness (QED) is 0.665. The molecule has 2 rings (SSSR count). The molecule has 2 unspecified atom stereocenters. The van der Waals surface area contributed by atoms with Crippen molar-refractivity contribution in [1.82, 2.24) is 4.90 Å². The number of carbonyl (C=O) groups is 1. The average molecular weight is 213 g/mol. The number of likely N-dealkylation sites (tertiary alicyclic amines) is 1. The summed E-state index contributed by atoms with van der Waals surface area (Å²) in [6.07, 6.45) is 3.14. The van der Waals surface area contributed by atoms with Crippen LogP contribution in [0.1, 0.15) is 39.0 Å². The van der Waals surface area contributed by atoms with Crippen molar-refractivity contribution >= 4 is 5.78 Å². The molecule has 1 saturated heterocycles. The van der Waals surface area contributed by atoms with Crippen LogP contribution >= 0.6 is 0 Å². The van der Waals surface area contributed by atoms with Gasteiger partial charge in [0.05, 0.1) is 0 Å². The molecule has 0 spiro atoms. The molecule has 1 saturated carbocycles. The van der Waals surface area contributed by atoms with E-state index in [1.165, 1.54) is 0 Å². The van der Waals surface area contributed by atoms with E-state index in [4.69, 9.17) is 0 Å². The van der Waals surface area contributed by atoms with Crippen molar-refractivity contribution < 1.29 is 9.18 Å². The van der Waals surface area contributed by atoms with Gasteiger partial charge in [-0.15, -0.1) is 0 Å². The third-order valence-electron chi connectivity index (χ3n) is 3.90. The summed E-state index contributed by atoms with van der Waals surface area (Å²) in [7, 11) is 0. The fraction of sp³-hybridized carbons (Fsp3) is 0.917. The van der Waals surface area contributed by atoms with Gasteiger partial charge in [-0.3, -0.25) is 9.69 Å². The van der Waals surface area contributed by atoms with Gasteiger partial charge in [0.25, 0.3) is 0 Å². The molecule has 3 heteroatoms. The van der Waals surface area contributed by atoms with Crippen LogP contribution in [0.4, 0.5) is 4.39 Å². The van der Waals surface area contributed by atoms with E-state index in [9.17, 15) is 9.18 Å². The molecule has 1 aliphatic carbocycles. The van der Waals surface area contributed by atoms with Crippen LogP contribution < -0.4 is 0 Å². The van der Waals surface area contributed by atoms with Crippen molar-refractivity contribution in [1.29, 1.82) is 0 Å². The zero-order valence-corrected chi connectivity index (χ0v) is 9.42. The monoisotopic (exact) mass is 213 g/mol. The Hall–Kier alpha value is -0.440. The Kier molecular flexibility index (Phi) is 3.39. The lowest BCUT2D eigenvalue weighted by Gasteiger charge is -2.40. The van der Waals surface area contributed by atoms with Crippen LogP contribution in [0.15, 0.2) is 0 Å². The highest BCUT2D eigenvalue weighted by Gasteiger charge is 2.32. The maximum Gasteiger partial charge on any atom is 0.134 e. The Bertz CT molecular complexity index is 236. The van der Waals surface area contributed by atoms with E-state index in [1.807, 2.05) is 0 Å². The number of rotatable bonds is 1. The summed E-state index contributed by atoms with van der Waals surface area (Å²) in [6, 6.07) is 0.388. The molecule has 2 aliphatic rings. The van der Waals surface area contributed by atoms with E-state index in [2.05, 4.69) is 11.8 Å². The lowest BCUT2D eigenvalue weighted by atomic mass is 9.83. The van der Waals surface area contributed by atoms with Crippen molar-refractivity contribution in [3.63, 3.8) is 0 Å². The van der Waals surface area contributed by atoms with Crippen molar-refractivity contribution in [2.45, 2.75) is 51.2 Å². The molecule has 1 heterocycles. The number of nitrogens with zero attached hydrogens (tertiary/aromatic N) is 1. The second-order valence-corrected chi connectivity index (χ2v) is 5.04. The van der Waals surface area contributed by atoms with Crippen LogP contribution in [0.5, 0.6) is 0 Å². The molecular formula is C12H20FNO. The van der Waals surface area contributed by atoms with Crippen molar-refractivity contribution in [3.8, 4) is 0 Å². The molecule has 0 aromatic carbocycles. The van der Waals surface area contributed by atoms with E-state index in [0.717, 1.165) is 25.9 Å². The zero-order valence-electron chi connectivity index (χ0n) is 9.42. The van der Waals surface area contributed by atoms with Gasteiger partial charge >= 0.3 is 0 Å². The fourth-order valence-electron chi connectivity index (χ4n) is 2.81. The summed E-state index contributed by atoms with van der Waals surface area (Å²) in [6.45, 7) is 3.89. The second kappa shape index (κ2) is 4.60. The van der Waals surface area contributed by atoms with Crippen LogP contribution in [0.25, 0.3) is 0 Å². The molecule has 2 fully saturated rings. The van der Waals surface area contributed by atoms with Crippen molar-refractivity contribution in [2.24, 2.45) is 5.92 Å². The lowest BCUT2D eigenvalue weighted by molar-refractivity contribution is -0.123. The minimum Gasteiger partial charge on any atom is -0.300 e. The Morgan fingerprint density at radius 3 is 2.60 bits per heavy atom. The topological polar surface area (TPSA) is 20.3 Å². The van der Waals surface area contributed by atoms with Crippen LogP contribution in [-0.4, -0.2) is 36.0 Å². The van der Waals surface area contributed by atoms with Gasteiger partial charge in [0.2, 0.25) is 0 Å². The third-order valence-corrected chi connectivity index (χ3v) is 3.90. The van der Waals surface area contributed by atoms with Crippen molar-refractivity contribution in [3.05, 3.63) is 0 Å². The van der Waals surface area contributed by atoms with E-state index >= 15 is 0 Å². The summed E-state index contributed by atoms with van der Waals surface area (Å²) in [4.78, 5) is 13.8. The SMILES string of the molecule is CC1CCC(=O)CC1N1CCC(F)CC1. The molecule has 15 heavy (non-hydrogen) atoms. The summed E-state index contributed by atoms with van der Waals surface area (Å²) < 4.78 is 13.0. The van der Waals surface area contributed by atoms with Gasteiger partial charge < -0.3 is 0 Å². The zero-order chi connectivity index (χ0) is 10.8. The first kappa shape index (κ1) is 11.1. The maximum absolute atomic E-state index is 13.0. The summed E-state index contributed by atoms with van der Waals surface area (Å²) >= 11 is 0. The van der Waals surface area contributed by atoms with Gasteiger partial charge in [-0.1, -0.05) is 6.92 Å². The van der Waals surface area contributed by atoms with Crippen molar-refractivity contribution in [2.75, 3.05) is 13.1 Å². The molecule has 0 amide bonds. The number of carbonyl (C=O) groups excluding carboxylic acids is 1. The van der Waals surface area contributed by atoms with Gasteiger partial charge in [0.15, 0.2) is 0 Å². The fourth-order valence-corrected chi connectivity index (χ4v) is 2.81. The number of hydrogen-bond acceptors (Lipinski definition) is 2. The first-order chi connectivity index (χ1) is 7.16. The summed E-state index contributed by atoms with van der Waals surface area (Å²) in [5, 5.41) is 0. The Morgan fingerprint density at radius 1 is 1.27 bits per heavy atom. The van der Waals surface area contributed by atoms with Gasteiger partial charge in [0, 0.05) is 32.0 Å². The first-order valence-corrected chi connectivity index (χ1v) is 6.06. The van der Waals surface area contributed by atoms with Crippen LogP contribution in [0, 0.1) is 5.92 Å². The van der Waals surface area contributed by atoms with Crippen LogP contribution in [0.2, 0.25) is 0 Å². The normalized spacial score (nSPS) is 35.7. The number of halogens is 1. The number of Topliss-reactive ketones (excluding diaryl/α,β-unsaturated/α-hetero) is 1. The largest absolute Gasteiger partial charge is 0.300 e. The number of hydrogen-bond donors (Lipinski definition) is 0. The molecule has 0 aromatic rings. The molecule has 0 bridgehead atoms. The number of alkyl halides is 1. The van der Waals surface area contributed by atoms with Gasteiger partial charge in [-0.25, -0.2) is 4.39 Å². The minimum atomic E-state index is -0.615. The number of piperidine rings is 1. The smallest absolute Gasteiger partial charge is 0.134 e. The highest BCUT2D eigenvalue weighted by atomic mass is 19.1. The predicted molar refractivity (Wildman–Crippen MR) is 57.5 cm³/mol. The lowest BCUT2D eigenvalue weighted by Crippen LogP contribution is -2.47. The van der Waals surface area contributed by atoms with E-state index in [0.29, 0.717) is 37.0 Å². The molecule has 2 nitrogen and oxygen atoms in total. The number of ketones is 1.